The van der Waals surface area contributed by atoms with Gasteiger partial charge in [0, 0.05) is 25.2 Å². The number of nitrogens with one attached hydrogen (secondary N) is 1. The minimum atomic E-state index is 0.267. The molecule has 124 valence electrons. The number of hydrogen-bond acceptors (Lipinski definition) is 4. The minimum absolute atomic E-state index is 0.267. The Kier molecular flexibility index (Phi) is 6.44. The van der Waals surface area contributed by atoms with E-state index < -0.39 is 0 Å². The summed E-state index contributed by atoms with van der Waals surface area (Å²) in [6.45, 7) is 1.69. The van der Waals surface area contributed by atoms with Crippen LogP contribution in [0.5, 0.6) is 11.5 Å². The minimum Gasteiger partial charge on any atom is -0.497 e. The van der Waals surface area contributed by atoms with E-state index in [2.05, 4.69) is 48.6 Å². The number of benzene rings is 2. The Balaban J connectivity index is 2.12. The zero-order valence-electron chi connectivity index (χ0n) is 14.4. The largest absolute Gasteiger partial charge is 0.497 e. The van der Waals surface area contributed by atoms with E-state index in [9.17, 15) is 0 Å². The van der Waals surface area contributed by atoms with Crippen LogP contribution in [-0.4, -0.2) is 39.8 Å². The summed E-state index contributed by atoms with van der Waals surface area (Å²) in [4.78, 5) is 2.19. The van der Waals surface area contributed by atoms with Crippen LogP contribution in [-0.2, 0) is 6.54 Å². The lowest BCUT2D eigenvalue weighted by Crippen LogP contribution is -2.30. The first kappa shape index (κ1) is 17.3. The normalized spacial score (nSPS) is 12.2. The SMILES string of the molecule is COc1cc(CNC(CN(C)C)c2ccccc2)cc(OC)c1. The summed E-state index contributed by atoms with van der Waals surface area (Å²) in [7, 11) is 7.52. The Hall–Kier alpha value is -2.04. The molecular weight excluding hydrogens is 288 g/mol. The van der Waals surface area contributed by atoms with Crippen LogP contribution in [0.25, 0.3) is 0 Å². The fourth-order valence-corrected chi connectivity index (χ4v) is 2.55. The maximum Gasteiger partial charge on any atom is 0.122 e. The third kappa shape index (κ3) is 5.27. The molecule has 2 aromatic rings. The first-order chi connectivity index (χ1) is 11.1. The van der Waals surface area contributed by atoms with Gasteiger partial charge in [0.05, 0.1) is 14.2 Å². The van der Waals surface area contributed by atoms with E-state index in [0.29, 0.717) is 0 Å². The molecule has 1 N–H and O–H groups in total. The van der Waals surface area contributed by atoms with Crippen molar-refractivity contribution >= 4 is 0 Å². The zero-order valence-corrected chi connectivity index (χ0v) is 14.4. The molecule has 0 aliphatic heterocycles. The molecule has 0 heterocycles. The van der Waals surface area contributed by atoms with Gasteiger partial charge < -0.3 is 19.7 Å². The van der Waals surface area contributed by atoms with Gasteiger partial charge in [-0.2, -0.15) is 0 Å². The topological polar surface area (TPSA) is 33.7 Å². The summed E-state index contributed by atoms with van der Waals surface area (Å²) < 4.78 is 10.7. The summed E-state index contributed by atoms with van der Waals surface area (Å²) >= 11 is 0. The van der Waals surface area contributed by atoms with E-state index in [4.69, 9.17) is 9.47 Å². The molecule has 23 heavy (non-hydrogen) atoms. The molecule has 2 rings (SSSR count). The van der Waals surface area contributed by atoms with Gasteiger partial charge >= 0.3 is 0 Å². The van der Waals surface area contributed by atoms with Gasteiger partial charge in [-0.25, -0.2) is 0 Å². The van der Waals surface area contributed by atoms with Crippen molar-refractivity contribution in [3.05, 3.63) is 59.7 Å². The Morgan fingerprint density at radius 3 is 2.09 bits per heavy atom. The number of likely N-dealkylation sites (N-methyl/N-ethyl adjacent to an activating group) is 1. The van der Waals surface area contributed by atoms with Crippen LogP contribution in [0.15, 0.2) is 48.5 Å². The summed E-state index contributed by atoms with van der Waals surface area (Å²) in [6.07, 6.45) is 0. The molecule has 0 amide bonds. The van der Waals surface area contributed by atoms with Crippen LogP contribution in [0.1, 0.15) is 17.2 Å². The van der Waals surface area contributed by atoms with E-state index in [1.165, 1.54) is 5.56 Å². The lowest BCUT2D eigenvalue weighted by molar-refractivity contribution is 0.340. The van der Waals surface area contributed by atoms with Crippen LogP contribution in [0, 0.1) is 0 Å². The van der Waals surface area contributed by atoms with Crippen molar-refractivity contribution in [1.82, 2.24) is 10.2 Å². The molecule has 1 unspecified atom stereocenters. The third-order valence-electron chi connectivity index (χ3n) is 3.71. The van der Waals surface area contributed by atoms with Gasteiger partial charge in [0.2, 0.25) is 0 Å². The molecular formula is C19H26N2O2. The summed E-state index contributed by atoms with van der Waals surface area (Å²) in [6, 6.07) is 16.7. The fourth-order valence-electron chi connectivity index (χ4n) is 2.55. The van der Waals surface area contributed by atoms with Crippen molar-refractivity contribution in [2.24, 2.45) is 0 Å². The van der Waals surface area contributed by atoms with Crippen LogP contribution in [0.2, 0.25) is 0 Å². The monoisotopic (exact) mass is 314 g/mol. The van der Waals surface area contributed by atoms with Gasteiger partial charge in [0.1, 0.15) is 11.5 Å². The summed E-state index contributed by atoms with van der Waals surface area (Å²) in [5.74, 6) is 1.62. The molecule has 0 aliphatic rings. The molecule has 0 radical (unpaired) electrons. The Morgan fingerprint density at radius 1 is 0.957 bits per heavy atom. The van der Waals surface area contributed by atoms with Crippen molar-refractivity contribution in [2.75, 3.05) is 34.9 Å². The zero-order chi connectivity index (χ0) is 16.7. The second-order valence-electron chi connectivity index (χ2n) is 5.83. The van der Waals surface area contributed by atoms with Crippen molar-refractivity contribution in [2.45, 2.75) is 12.6 Å². The average molecular weight is 314 g/mol. The van der Waals surface area contributed by atoms with E-state index in [0.717, 1.165) is 30.2 Å². The highest BCUT2D eigenvalue weighted by Gasteiger charge is 2.12. The van der Waals surface area contributed by atoms with Crippen LogP contribution in [0.3, 0.4) is 0 Å². The van der Waals surface area contributed by atoms with Gasteiger partial charge in [0.15, 0.2) is 0 Å². The van der Waals surface area contributed by atoms with E-state index in [1.54, 1.807) is 14.2 Å². The lowest BCUT2D eigenvalue weighted by atomic mass is 10.1. The maximum atomic E-state index is 5.34. The van der Waals surface area contributed by atoms with Crippen molar-refractivity contribution in [3.8, 4) is 11.5 Å². The van der Waals surface area contributed by atoms with Crippen LogP contribution >= 0.6 is 0 Å². The van der Waals surface area contributed by atoms with E-state index >= 15 is 0 Å². The van der Waals surface area contributed by atoms with Gasteiger partial charge in [-0.1, -0.05) is 30.3 Å². The highest BCUT2D eigenvalue weighted by Crippen LogP contribution is 2.23. The van der Waals surface area contributed by atoms with Gasteiger partial charge in [-0.3, -0.25) is 0 Å². The summed E-state index contributed by atoms with van der Waals surface area (Å²) in [5, 5.41) is 3.63. The fraction of sp³-hybridized carbons (Fsp3) is 0.368. The Bertz CT molecular complexity index is 577. The van der Waals surface area contributed by atoms with Gasteiger partial charge in [0.25, 0.3) is 0 Å². The molecule has 1 atom stereocenters. The van der Waals surface area contributed by atoms with Crippen molar-refractivity contribution in [3.63, 3.8) is 0 Å². The van der Waals surface area contributed by atoms with Crippen molar-refractivity contribution in [1.29, 1.82) is 0 Å². The molecule has 0 aromatic heterocycles. The predicted molar refractivity (Wildman–Crippen MR) is 94.1 cm³/mol. The van der Waals surface area contributed by atoms with Crippen molar-refractivity contribution < 1.29 is 9.47 Å². The van der Waals surface area contributed by atoms with E-state index in [-0.39, 0.29) is 6.04 Å². The molecule has 0 saturated heterocycles. The lowest BCUT2D eigenvalue weighted by Gasteiger charge is -2.23. The number of ether oxygens (including phenoxy) is 2. The first-order valence-corrected chi connectivity index (χ1v) is 7.77. The molecule has 0 fully saturated rings. The number of hydrogen-bond donors (Lipinski definition) is 1. The molecule has 0 aliphatic carbocycles. The molecule has 4 heteroatoms. The molecule has 0 bridgehead atoms. The third-order valence-corrected chi connectivity index (χ3v) is 3.71. The number of nitrogens with zero attached hydrogens (tertiary/aromatic N) is 1. The quantitative estimate of drug-likeness (QED) is 0.812. The maximum absolute atomic E-state index is 5.34. The number of methoxy groups -OCH3 is 2. The predicted octanol–water partition coefficient (Wildman–Crippen LogP) is 3.10. The average Bonchev–Trinajstić information content (AvgIpc) is 2.58. The highest BCUT2D eigenvalue weighted by atomic mass is 16.5. The van der Waals surface area contributed by atoms with E-state index in [1.807, 2.05) is 24.3 Å². The van der Waals surface area contributed by atoms with Crippen LogP contribution in [0.4, 0.5) is 0 Å². The number of rotatable bonds is 8. The smallest absolute Gasteiger partial charge is 0.122 e. The molecule has 0 spiro atoms. The highest BCUT2D eigenvalue weighted by molar-refractivity contribution is 5.38. The Labute approximate surface area is 139 Å². The molecule has 4 nitrogen and oxygen atoms in total. The standard InChI is InChI=1S/C19H26N2O2/c1-21(2)14-19(16-8-6-5-7-9-16)20-13-15-10-17(22-3)12-18(11-15)23-4/h5-12,19-20H,13-14H2,1-4H3. The Morgan fingerprint density at radius 2 is 1.57 bits per heavy atom. The molecule has 2 aromatic carbocycles. The first-order valence-electron chi connectivity index (χ1n) is 7.77. The van der Waals surface area contributed by atoms with Gasteiger partial charge in [-0.05, 0) is 37.4 Å². The van der Waals surface area contributed by atoms with Crippen LogP contribution < -0.4 is 14.8 Å². The summed E-state index contributed by atoms with van der Waals surface area (Å²) in [5.41, 5.74) is 2.43. The second kappa shape index (κ2) is 8.56. The van der Waals surface area contributed by atoms with Gasteiger partial charge in [-0.15, -0.1) is 0 Å². The molecule has 0 saturated carbocycles. The second-order valence-corrected chi connectivity index (χ2v) is 5.83.